The van der Waals surface area contributed by atoms with Crippen molar-refractivity contribution in [1.82, 2.24) is 9.88 Å². The van der Waals surface area contributed by atoms with Crippen LogP contribution >= 0.6 is 24.0 Å². The lowest BCUT2D eigenvalue weighted by Gasteiger charge is -2.55. The Balaban J connectivity index is 0.00000157. The topological polar surface area (TPSA) is 25.4 Å². The number of piperidine rings is 3. The van der Waals surface area contributed by atoms with E-state index >= 15 is 0 Å². The van der Waals surface area contributed by atoms with Crippen LogP contribution in [0.2, 0.25) is 5.02 Å². The minimum absolute atomic E-state index is 0. The van der Waals surface area contributed by atoms with Crippen molar-refractivity contribution in [2.75, 3.05) is 19.6 Å². The zero-order valence-electron chi connectivity index (χ0n) is 14.0. The molecule has 1 aliphatic carbocycles. The fourth-order valence-corrected chi connectivity index (χ4v) is 5.12. The molecule has 0 N–H and O–H groups in total. The van der Waals surface area contributed by atoms with Gasteiger partial charge in [0.15, 0.2) is 0 Å². The Bertz CT molecular complexity index is 722. The first kappa shape index (κ1) is 17.1. The van der Waals surface area contributed by atoms with Crippen molar-refractivity contribution < 1.29 is 4.74 Å². The third-order valence-electron chi connectivity index (χ3n) is 5.87. The van der Waals surface area contributed by atoms with Crippen LogP contribution in [-0.4, -0.2) is 35.6 Å². The normalized spacial score (nSPS) is 32.3. The van der Waals surface area contributed by atoms with Crippen LogP contribution in [-0.2, 0) is 0 Å². The van der Waals surface area contributed by atoms with E-state index in [1.807, 2.05) is 36.7 Å². The second kappa shape index (κ2) is 6.79. The van der Waals surface area contributed by atoms with Gasteiger partial charge in [0.05, 0.1) is 6.20 Å². The van der Waals surface area contributed by atoms with E-state index in [-0.39, 0.29) is 12.4 Å². The molecule has 0 radical (unpaired) electrons. The molecule has 5 heteroatoms. The van der Waals surface area contributed by atoms with Crippen molar-refractivity contribution in [2.24, 2.45) is 17.8 Å². The van der Waals surface area contributed by atoms with E-state index in [2.05, 4.69) is 16.0 Å². The minimum Gasteiger partial charge on any atom is -0.488 e. The molecule has 3 saturated heterocycles. The number of hydrogen-bond donors (Lipinski definition) is 0. The molecule has 0 amide bonds. The lowest BCUT2D eigenvalue weighted by molar-refractivity contribution is -0.0985. The summed E-state index contributed by atoms with van der Waals surface area (Å²) in [6.07, 6.45) is 6.77. The van der Waals surface area contributed by atoms with Gasteiger partial charge in [-0.2, -0.15) is 0 Å². The zero-order chi connectivity index (χ0) is 16.1. The van der Waals surface area contributed by atoms with E-state index in [4.69, 9.17) is 16.3 Å². The largest absolute Gasteiger partial charge is 0.488 e. The van der Waals surface area contributed by atoms with E-state index in [0.717, 1.165) is 27.8 Å². The SMILES string of the molecule is Cl.Clc1ccc(-c2cncc(OC3C4CC5CC3CN(C5)C4)c2)cc1. The smallest absolute Gasteiger partial charge is 0.138 e. The molecule has 4 bridgehead atoms. The van der Waals surface area contributed by atoms with Crippen LogP contribution < -0.4 is 4.74 Å². The van der Waals surface area contributed by atoms with Gasteiger partial charge < -0.3 is 9.64 Å². The van der Waals surface area contributed by atoms with Gasteiger partial charge in [0, 0.05) is 48.3 Å². The van der Waals surface area contributed by atoms with Crippen molar-refractivity contribution in [3.63, 3.8) is 0 Å². The Morgan fingerprint density at radius 3 is 2.36 bits per heavy atom. The average molecular weight is 377 g/mol. The number of nitrogens with zero attached hydrogens (tertiary/aromatic N) is 2. The number of rotatable bonds is 3. The number of benzene rings is 1. The molecule has 6 rings (SSSR count). The standard InChI is InChI=1S/C20H21ClN2O.ClH/c21-18-3-1-14(2-4-18)15-7-19(9-22-8-15)24-20-16-5-13-6-17(20)12-23(10-13)11-16;/h1-4,7-9,13,16-17,20H,5-6,10-12H2;1H. The lowest BCUT2D eigenvalue weighted by Crippen LogP contribution is -2.61. The van der Waals surface area contributed by atoms with Crippen molar-refractivity contribution in [3.8, 4) is 16.9 Å². The number of ether oxygens (including phenoxy) is 1. The Morgan fingerprint density at radius 2 is 1.68 bits per heavy atom. The molecule has 1 aromatic heterocycles. The summed E-state index contributed by atoms with van der Waals surface area (Å²) < 4.78 is 6.46. The highest BCUT2D eigenvalue weighted by molar-refractivity contribution is 6.30. The Hall–Kier alpha value is -1.29. The zero-order valence-corrected chi connectivity index (χ0v) is 15.5. The summed E-state index contributed by atoms with van der Waals surface area (Å²) in [6, 6.07) is 9.99. The molecule has 3 aliphatic heterocycles. The summed E-state index contributed by atoms with van der Waals surface area (Å²) in [5, 5.41) is 0.753. The molecular weight excluding hydrogens is 355 g/mol. The molecule has 0 spiro atoms. The predicted molar refractivity (Wildman–Crippen MR) is 102 cm³/mol. The summed E-state index contributed by atoms with van der Waals surface area (Å²) in [5.41, 5.74) is 2.20. The van der Waals surface area contributed by atoms with Crippen LogP contribution in [0.3, 0.4) is 0 Å². The Labute approximate surface area is 159 Å². The summed E-state index contributed by atoms with van der Waals surface area (Å²) >= 11 is 5.98. The van der Waals surface area contributed by atoms with E-state index in [0.29, 0.717) is 17.9 Å². The van der Waals surface area contributed by atoms with Crippen LogP contribution in [0.4, 0.5) is 0 Å². The fourth-order valence-electron chi connectivity index (χ4n) is 5.00. The van der Waals surface area contributed by atoms with Gasteiger partial charge in [-0.3, -0.25) is 4.98 Å². The van der Waals surface area contributed by atoms with E-state index in [1.165, 1.54) is 32.5 Å². The van der Waals surface area contributed by atoms with Crippen LogP contribution in [0.1, 0.15) is 12.8 Å². The predicted octanol–water partition coefficient (Wildman–Crippen LogP) is 4.54. The maximum absolute atomic E-state index is 6.46. The van der Waals surface area contributed by atoms with Crippen LogP contribution in [0.15, 0.2) is 42.7 Å². The molecule has 4 fully saturated rings. The van der Waals surface area contributed by atoms with Crippen molar-refractivity contribution in [1.29, 1.82) is 0 Å². The molecule has 1 saturated carbocycles. The van der Waals surface area contributed by atoms with Gasteiger partial charge >= 0.3 is 0 Å². The van der Waals surface area contributed by atoms with Crippen molar-refractivity contribution in [3.05, 3.63) is 47.7 Å². The van der Waals surface area contributed by atoms with E-state index in [9.17, 15) is 0 Å². The third-order valence-corrected chi connectivity index (χ3v) is 6.12. The maximum Gasteiger partial charge on any atom is 0.138 e. The molecule has 25 heavy (non-hydrogen) atoms. The van der Waals surface area contributed by atoms with E-state index < -0.39 is 0 Å². The average Bonchev–Trinajstić information content (AvgIpc) is 2.58. The van der Waals surface area contributed by atoms with Gasteiger partial charge in [-0.05, 0) is 42.5 Å². The van der Waals surface area contributed by atoms with E-state index in [1.54, 1.807) is 0 Å². The quantitative estimate of drug-likeness (QED) is 0.785. The molecule has 2 unspecified atom stereocenters. The minimum atomic E-state index is 0. The van der Waals surface area contributed by atoms with Gasteiger partial charge in [-0.15, -0.1) is 12.4 Å². The molecule has 4 heterocycles. The van der Waals surface area contributed by atoms with Crippen molar-refractivity contribution >= 4 is 24.0 Å². The lowest BCUT2D eigenvalue weighted by atomic mass is 9.66. The first-order valence-electron chi connectivity index (χ1n) is 8.84. The highest BCUT2D eigenvalue weighted by atomic mass is 35.5. The first-order valence-corrected chi connectivity index (χ1v) is 9.22. The van der Waals surface area contributed by atoms with Gasteiger partial charge in [0.1, 0.15) is 11.9 Å². The first-order chi connectivity index (χ1) is 11.7. The second-order valence-corrected chi connectivity index (χ2v) is 8.01. The molecule has 132 valence electrons. The molecular formula is C20H22Cl2N2O. The molecule has 2 aromatic rings. The summed E-state index contributed by atoms with van der Waals surface area (Å²) in [6.45, 7) is 3.73. The maximum atomic E-state index is 6.46. The van der Waals surface area contributed by atoms with Crippen LogP contribution in [0.5, 0.6) is 5.75 Å². The van der Waals surface area contributed by atoms with Crippen LogP contribution in [0, 0.1) is 17.8 Å². The Kier molecular flexibility index (Phi) is 4.65. The van der Waals surface area contributed by atoms with Gasteiger partial charge in [-0.25, -0.2) is 0 Å². The summed E-state index contributed by atoms with van der Waals surface area (Å²) in [5.74, 6) is 3.18. The molecule has 4 aliphatic rings. The third kappa shape index (κ3) is 3.25. The molecule has 3 nitrogen and oxygen atoms in total. The number of aromatic nitrogens is 1. The second-order valence-electron chi connectivity index (χ2n) is 7.57. The molecule has 2 atom stereocenters. The summed E-state index contributed by atoms with van der Waals surface area (Å²) in [7, 11) is 0. The fraction of sp³-hybridized carbons (Fsp3) is 0.450. The van der Waals surface area contributed by atoms with Gasteiger partial charge in [0.2, 0.25) is 0 Å². The molecule has 1 aromatic carbocycles. The van der Waals surface area contributed by atoms with Crippen LogP contribution in [0.25, 0.3) is 11.1 Å². The highest BCUT2D eigenvalue weighted by Crippen LogP contribution is 2.45. The van der Waals surface area contributed by atoms with Gasteiger partial charge in [0.25, 0.3) is 0 Å². The van der Waals surface area contributed by atoms with Gasteiger partial charge in [-0.1, -0.05) is 23.7 Å². The Morgan fingerprint density at radius 1 is 0.960 bits per heavy atom. The number of hydrogen-bond acceptors (Lipinski definition) is 3. The number of halogens is 2. The summed E-state index contributed by atoms with van der Waals surface area (Å²) in [4.78, 5) is 7.03. The van der Waals surface area contributed by atoms with Crippen molar-refractivity contribution in [2.45, 2.75) is 18.9 Å². The monoisotopic (exact) mass is 376 g/mol. The highest BCUT2D eigenvalue weighted by Gasteiger charge is 2.48. The number of pyridine rings is 1.